The first kappa shape index (κ1) is 19.0. The van der Waals surface area contributed by atoms with Crippen molar-refractivity contribution >= 4 is 18.3 Å². The van der Waals surface area contributed by atoms with Crippen molar-refractivity contribution in [3.63, 3.8) is 0 Å². The lowest BCUT2D eigenvalue weighted by Gasteiger charge is -2.35. The van der Waals surface area contributed by atoms with Crippen LogP contribution in [0.2, 0.25) is 0 Å². The minimum Gasteiger partial charge on any atom is -0.355 e. The van der Waals surface area contributed by atoms with Gasteiger partial charge in [0.05, 0.1) is 0 Å². The molecule has 0 bridgehead atoms. The minimum atomic E-state index is 0. The molecule has 1 aliphatic carbocycles. The van der Waals surface area contributed by atoms with Crippen molar-refractivity contribution < 1.29 is 4.79 Å². The second-order valence-electron chi connectivity index (χ2n) is 6.56. The Morgan fingerprint density at radius 1 is 1.23 bits per heavy atom. The van der Waals surface area contributed by atoms with Crippen LogP contribution in [-0.2, 0) is 4.79 Å². The molecule has 4 heteroatoms. The first-order valence-corrected chi connectivity index (χ1v) is 8.17. The van der Waals surface area contributed by atoms with Gasteiger partial charge in [0.2, 0.25) is 5.91 Å². The molecule has 22 heavy (non-hydrogen) atoms. The average molecular weight is 325 g/mol. The summed E-state index contributed by atoms with van der Waals surface area (Å²) >= 11 is 0. The predicted molar refractivity (Wildman–Crippen MR) is 94.3 cm³/mol. The second-order valence-corrected chi connectivity index (χ2v) is 6.56. The van der Waals surface area contributed by atoms with Gasteiger partial charge in [-0.25, -0.2) is 0 Å². The van der Waals surface area contributed by atoms with Gasteiger partial charge in [0.1, 0.15) is 0 Å². The van der Waals surface area contributed by atoms with Crippen LogP contribution in [0.1, 0.15) is 56.9 Å². The van der Waals surface area contributed by atoms with E-state index < -0.39 is 0 Å². The smallest absolute Gasteiger partial charge is 0.220 e. The van der Waals surface area contributed by atoms with Crippen molar-refractivity contribution in [2.45, 2.75) is 51.4 Å². The Morgan fingerprint density at radius 2 is 1.86 bits per heavy atom. The molecule has 124 valence electrons. The summed E-state index contributed by atoms with van der Waals surface area (Å²) in [6.45, 7) is 3.48. The molecule has 1 atom stereocenters. The number of rotatable bonds is 6. The van der Waals surface area contributed by atoms with Crippen LogP contribution in [0.4, 0.5) is 0 Å². The summed E-state index contributed by atoms with van der Waals surface area (Å²) in [7, 11) is 0. The van der Waals surface area contributed by atoms with Crippen molar-refractivity contribution in [1.29, 1.82) is 0 Å². The summed E-state index contributed by atoms with van der Waals surface area (Å²) < 4.78 is 0. The topological polar surface area (TPSA) is 55.1 Å². The number of benzene rings is 1. The SMILES string of the molecule is CC(CNC(=O)CC1(CN)CCCCC1)c1ccccc1.Cl. The first-order chi connectivity index (χ1) is 10.2. The molecule has 0 aliphatic heterocycles. The maximum Gasteiger partial charge on any atom is 0.220 e. The lowest BCUT2D eigenvalue weighted by Crippen LogP contribution is -2.39. The number of hydrogen-bond acceptors (Lipinski definition) is 2. The molecule has 0 aromatic heterocycles. The largest absolute Gasteiger partial charge is 0.355 e. The molecule has 0 saturated heterocycles. The van der Waals surface area contributed by atoms with Crippen LogP contribution in [0.3, 0.4) is 0 Å². The number of hydrogen-bond donors (Lipinski definition) is 2. The highest BCUT2D eigenvalue weighted by Gasteiger charge is 2.32. The van der Waals surface area contributed by atoms with E-state index in [4.69, 9.17) is 5.73 Å². The number of carbonyl (C=O) groups is 1. The zero-order valence-electron chi connectivity index (χ0n) is 13.5. The summed E-state index contributed by atoms with van der Waals surface area (Å²) in [6.07, 6.45) is 6.51. The Labute approximate surface area is 140 Å². The van der Waals surface area contributed by atoms with Gasteiger partial charge in [0.15, 0.2) is 0 Å². The van der Waals surface area contributed by atoms with E-state index in [2.05, 4.69) is 24.4 Å². The molecule has 1 amide bonds. The standard InChI is InChI=1S/C18H28N2O.ClH/c1-15(16-8-4-2-5-9-16)13-20-17(21)12-18(14-19)10-6-3-7-11-18;/h2,4-5,8-9,15H,3,6-7,10-14,19H2,1H3,(H,20,21);1H. The van der Waals surface area contributed by atoms with Crippen molar-refractivity contribution in [2.24, 2.45) is 11.1 Å². The summed E-state index contributed by atoms with van der Waals surface area (Å²) in [5, 5.41) is 3.09. The van der Waals surface area contributed by atoms with E-state index in [-0.39, 0.29) is 23.7 Å². The lowest BCUT2D eigenvalue weighted by molar-refractivity contribution is -0.123. The van der Waals surface area contributed by atoms with Crippen LogP contribution < -0.4 is 11.1 Å². The monoisotopic (exact) mass is 324 g/mol. The van der Waals surface area contributed by atoms with Crippen molar-refractivity contribution in [1.82, 2.24) is 5.32 Å². The Morgan fingerprint density at radius 3 is 2.45 bits per heavy atom. The van der Waals surface area contributed by atoms with E-state index in [0.29, 0.717) is 25.4 Å². The van der Waals surface area contributed by atoms with Crippen LogP contribution in [0.25, 0.3) is 0 Å². The molecule has 2 rings (SSSR count). The van der Waals surface area contributed by atoms with Crippen LogP contribution in [0.15, 0.2) is 30.3 Å². The third-order valence-corrected chi connectivity index (χ3v) is 4.86. The van der Waals surface area contributed by atoms with Gasteiger partial charge < -0.3 is 11.1 Å². The quantitative estimate of drug-likeness (QED) is 0.839. The summed E-state index contributed by atoms with van der Waals surface area (Å²) in [5.74, 6) is 0.500. The van der Waals surface area contributed by atoms with Gasteiger partial charge in [0.25, 0.3) is 0 Å². The predicted octanol–water partition coefficient (Wildman–Crippen LogP) is 3.63. The zero-order valence-corrected chi connectivity index (χ0v) is 14.3. The molecule has 1 aromatic carbocycles. The van der Waals surface area contributed by atoms with Gasteiger partial charge in [-0.05, 0) is 36.3 Å². The highest BCUT2D eigenvalue weighted by Crippen LogP contribution is 2.38. The van der Waals surface area contributed by atoms with Crippen LogP contribution in [-0.4, -0.2) is 19.0 Å². The molecule has 0 heterocycles. The third kappa shape index (κ3) is 5.29. The van der Waals surface area contributed by atoms with E-state index in [9.17, 15) is 4.79 Å². The number of carbonyl (C=O) groups excluding carboxylic acids is 1. The Hall–Kier alpha value is -1.06. The molecular weight excluding hydrogens is 296 g/mol. The van der Waals surface area contributed by atoms with Gasteiger partial charge in [-0.15, -0.1) is 12.4 Å². The fraction of sp³-hybridized carbons (Fsp3) is 0.611. The average Bonchev–Trinajstić information content (AvgIpc) is 2.54. The summed E-state index contributed by atoms with van der Waals surface area (Å²) in [4.78, 5) is 12.2. The van der Waals surface area contributed by atoms with E-state index >= 15 is 0 Å². The summed E-state index contributed by atoms with van der Waals surface area (Å²) in [6, 6.07) is 10.3. The maximum absolute atomic E-state index is 12.2. The number of amides is 1. The van der Waals surface area contributed by atoms with Crippen LogP contribution in [0.5, 0.6) is 0 Å². The van der Waals surface area contributed by atoms with Gasteiger partial charge >= 0.3 is 0 Å². The molecule has 1 fully saturated rings. The second kappa shape index (κ2) is 9.16. The van der Waals surface area contributed by atoms with Gasteiger partial charge in [-0.2, -0.15) is 0 Å². The molecule has 1 aliphatic rings. The van der Waals surface area contributed by atoms with E-state index in [1.807, 2.05) is 18.2 Å². The first-order valence-electron chi connectivity index (χ1n) is 8.17. The Kier molecular flexibility index (Phi) is 7.91. The van der Waals surface area contributed by atoms with Gasteiger partial charge in [0, 0.05) is 13.0 Å². The fourth-order valence-electron chi connectivity index (χ4n) is 3.32. The molecular formula is C18H29ClN2O. The molecule has 3 nitrogen and oxygen atoms in total. The van der Waals surface area contributed by atoms with E-state index in [0.717, 1.165) is 12.8 Å². The molecule has 0 spiro atoms. The third-order valence-electron chi connectivity index (χ3n) is 4.86. The molecule has 1 saturated carbocycles. The molecule has 1 unspecified atom stereocenters. The van der Waals surface area contributed by atoms with Gasteiger partial charge in [-0.1, -0.05) is 56.5 Å². The Balaban J connectivity index is 0.00000242. The van der Waals surface area contributed by atoms with E-state index in [1.54, 1.807) is 0 Å². The van der Waals surface area contributed by atoms with Crippen molar-refractivity contribution in [3.05, 3.63) is 35.9 Å². The van der Waals surface area contributed by atoms with Crippen LogP contribution in [0, 0.1) is 5.41 Å². The Bertz CT molecular complexity index is 444. The minimum absolute atomic E-state index is 0. The normalized spacial score (nSPS) is 18.1. The molecule has 3 N–H and O–H groups in total. The fourth-order valence-corrected chi connectivity index (χ4v) is 3.32. The highest BCUT2D eigenvalue weighted by molar-refractivity contribution is 5.85. The maximum atomic E-state index is 12.2. The number of nitrogens with two attached hydrogens (primary N) is 1. The van der Waals surface area contributed by atoms with Crippen molar-refractivity contribution in [2.75, 3.05) is 13.1 Å². The molecule has 1 aromatic rings. The zero-order chi connectivity index (χ0) is 15.1. The number of halogens is 1. The van der Waals surface area contributed by atoms with E-state index in [1.165, 1.54) is 24.8 Å². The molecule has 0 radical (unpaired) electrons. The highest BCUT2D eigenvalue weighted by atomic mass is 35.5. The lowest BCUT2D eigenvalue weighted by atomic mass is 9.71. The van der Waals surface area contributed by atoms with Gasteiger partial charge in [-0.3, -0.25) is 4.79 Å². The summed E-state index contributed by atoms with van der Waals surface area (Å²) in [5.41, 5.74) is 7.28. The number of nitrogens with one attached hydrogen (secondary N) is 1. The van der Waals surface area contributed by atoms with Crippen molar-refractivity contribution in [3.8, 4) is 0 Å². The van der Waals surface area contributed by atoms with Crippen LogP contribution >= 0.6 is 12.4 Å².